The van der Waals surface area contributed by atoms with Crippen LogP contribution in [0.5, 0.6) is 0 Å². The molecule has 0 nitrogen and oxygen atoms in total. The van der Waals surface area contributed by atoms with Crippen molar-refractivity contribution in [3.8, 4) is 0 Å². The summed E-state index contributed by atoms with van der Waals surface area (Å²) in [4.78, 5) is 1.34. The highest BCUT2D eigenvalue weighted by Crippen LogP contribution is 2.19. The third-order valence-corrected chi connectivity index (χ3v) is 2.36. The van der Waals surface area contributed by atoms with Gasteiger partial charge in [0.2, 0.25) is 0 Å². The van der Waals surface area contributed by atoms with Gasteiger partial charge >= 0.3 is 0 Å². The summed E-state index contributed by atoms with van der Waals surface area (Å²) in [6.07, 6.45) is 2.09. The molecule has 0 spiro atoms. The Morgan fingerprint density at radius 1 is 1.40 bits per heavy atom. The summed E-state index contributed by atoms with van der Waals surface area (Å²) in [6.45, 7) is 5.96. The molecule has 1 aromatic rings. The van der Waals surface area contributed by atoms with Gasteiger partial charge in [0.05, 0.1) is 0 Å². The van der Waals surface area contributed by atoms with Gasteiger partial charge in [-0.15, -0.1) is 11.8 Å². The SMILES string of the molecule is [CH2]c1ccc(SC)c(C)c1. The van der Waals surface area contributed by atoms with Crippen LogP contribution in [0.1, 0.15) is 11.1 Å². The Morgan fingerprint density at radius 3 is 2.60 bits per heavy atom. The average Bonchev–Trinajstić information content (AvgIpc) is 1.88. The molecule has 1 rings (SSSR count). The van der Waals surface area contributed by atoms with Crippen molar-refractivity contribution in [1.29, 1.82) is 0 Å². The van der Waals surface area contributed by atoms with Crippen LogP contribution in [-0.4, -0.2) is 6.26 Å². The summed E-state index contributed by atoms with van der Waals surface area (Å²) < 4.78 is 0. The van der Waals surface area contributed by atoms with Crippen LogP contribution in [0.4, 0.5) is 0 Å². The van der Waals surface area contributed by atoms with Gasteiger partial charge in [-0.1, -0.05) is 12.1 Å². The molecule has 1 radical (unpaired) electrons. The molecule has 0 fully saturated rings. The number of rotatable bonds is 1. The van der Waals surface area contributed by atoms with Crippen molar-refractivity contribution in [2.75, 3.05) is 6.26 Å². The van der Waals surface area contributed by atoms with Crippen LogP contribution < -0.4 is 0 Å². The lowest BCUT2D eigenvalue weighted by atomic mass is 10.2. The smallest absolute Gasteiger partial charge is 0.00985 e. The molecule has 10 heavy (non-hydrogen) atoms. The van der Waals surface area contributed by atoms with E-state index in [2.05, 4.69) is 32.2 Å². The van der Waals surface area contributed by atoms with Crippen LogP contribution in [0.25, 0.3) is 0 Å². The van der Waals surface area contributed by atoms with Crippen molar-refractivity contribution < 1.29 is 0 Å². The lowest BCUT2D eigenvalue weighted by molar-refractivity contribution is 1.29. The second kappa shape index (κ2) is 3.11. The zero-order valence-corrected chi connectivity index (χ0v) is 7.16. The van der Waals surface area contributed by atoms with Gasteiger partial charge in [-0.25, -0.2) is 0 Å². The molecule has 0 bridgehead atoms. The Morgan fingerprint density at radius 2 is 2.10 bits per heavy atom. The maximum Gasteiger partial charge on any atom is 0.00985 e. The van der Waals surface area contributed by atoms with Crippen LogP contribution in [-0.2, 0) is 0 Å². The molecular weight excluding hydrogens is 140 g/mol. The van der Waals surface area contributed by atoms with Crippen LogP contribution >= 0.6 is 11.8 Å². The second-order valence-electron chi connectivity index (χ2n) is 2.30. The summed E-state index contributed by atoms with van der Waals surface area (Å²) in [5, 5.41) is 0. The summed E-state index contributed by atoms with van der Waals surface area (Å²) in [6, 6.07) is 6.26. The Kier molecular flexibility index (Phi) is 2.39. The van der Waals surface area contributed by atoms with Crippen LogP contribution in [0, 0.1) is 13.8 Å². The lowest BCUT2D eigenvalue weighted by Crippen LogP contribution is -1.79. The molecule has 0 saturated heterocycles. The molecule has 0 aliphatic heterocycles. The molecule has 0 unspecified atom stereocenters. The number of hydrogen-bond acceptors (Lipinski definition) is 1. The third kappa shape index (κ3) is 1.54. The van der Waals surface area contributed by atoms with E-state index in [9.17, 15) is 0 Å². The zero-order valence-electron chi connectivity index (χ0n) is 6.35. The van der Waals surface area contributed by atoms with E-state index in [0.29, 0.717) is 0 Å². The molecule has 0 N–H and O–H groups in total. The van der Waals surface area contributed by atoms with E-state index in [4.69, 9.17) is 0 Å². The van der Waals surface area contributed by atoms with E-state index in [1.807, 2.05) is 6.07 Å². The number of hydrogen-bond donors (Lipinski definition) is 0. The van der Waals surface area contributed by atoms with Gasteiger partial charge < -0.3 is 0 Å². The summed E-state index contributed by atoms with van der Waals surface area (Å²) in [5.74, 6) is 0. The first-order valence-corrected chi connectivity index (χ1v) is 4.43. The van der Waals surface area contributed by atoms with E-state index in [1.165, 1.54) is 10.5 Å². The Bertz CT molecular complexity index is 228. The largest absolute Gasteiger partial charge is 0.129 e. The molecule has 0 aromatic heterocycles. The Balaban J connectivity index is 3.07. The lowest BCUT2D eigenvalue weighted by Gasteiger charge is -2.01. The topological polar surface area (TPSA) is 0 Å². The summed E-state index contributed by atoms with van der Waals surface area (Å²) >= 11 is 1.78. The van der Waals surface area contributed by atoms with Crippen LogP contribution in [0.3, 0.4) is 0 Å². The molecule has 1 heteroatoms. The minimum atomic E-state index is 1.09. The fourth-order valence-electron chi connectivity index (χ4n) is 0.941. The summed E-state index contributed by atoms with van der Waals surface area (Å²) in [7, 11) is 0. The first-order valence-electron chi connectivity index (χ1n) is 3.20. The fourth-order valence-corrected chi connectivity index (χ4v) is 1.53. The van der Waals surface area contributed by atoms with Crippen LogP contribution in [0.2, 0.25) is 0 Å². The second-order valence-corrected chi connectivity index (χ2v) is 3.15. The Labute approximate surface area is 66.6 Å². The first-order chi connectivity index (χ1) is 4.74. The molecule has 0 heterocycles. The van der Waals surface area contributed by atoms with Gasteiger partial charge in [0, 0.05) is 4.90 Å². The number of benzene rings is 1. The standard InChI is InChI=1S/C9H11S/c1-7-4-5-9(10-3)8(2)6-7/h4-6H,1H2,2-3H3. The molecule has 0 aliphatic rings. The highest BCUT2D eigenvalue weighted by Gasteiger charge is 1.93. The van der Waals surface area contributed by atoms with Crippen molar-refractivity contribution in [3.05, 3.63) is 36.2 Å². The summed E-state index contributed by atoms with van der Waals surface area (Å²) in [5.41, 5.74) is 2.41. The number of aryl methyl sites for hydroxylation is 1. The highest BCUT2D eigenvalue weighted by atomic mass is 32.2. The molecule has 0 aliphatic carbocycles. The Hall–Kier alpha value is -0.430. The minimum Gasteiger partial charge on any atom is -0.129 e. The molecule has 0 amide bonds. The minimum absolute atomic E-state index is 1.09. The molecule has 0 saturated carbocycles. The van der Waals surface area contributed by atoms with E-state index < -0.39 is 0 Å². The normalized spacial score (nSPS) is 9.90. The van der Waals surface area contributed by atoms with Crippen molar-refractivity contribution >= 4 is 11.8 Å². The van der Waals surface area contributed by atoms with Gasteiger partial charge in [-0.3, -0.25) is 0 Å². The van der Waals surface area contributed by atoms with Crippen molar-refractivity contribution in [2.45, 2.75) is 11.8 Å². The third-order valence-electron chi connectivity index (χ3n) is 1.46. The van der Waals surface area contributed by atoms with E-state index in [1.54, 1.807) is 11.8 Å². The number of thioether (sulfide) groups is 1. The molecule has 53 valence electrons. The van der Waals surface area contributed by atoms with E-state index >= 15 is 0 Å². The van der Waals surface area contributed by atoms with Crippen molar-refractivity contribution in [1.82, 2.24) is 0 Å². The monoisotopic (exact) mass is 151 g/mol. The van der Waals surface area contributed by atoms with Gasteiger partial charge in [0.1, 0.15) is 0 Å². The van der Waals surface area contributed by atoms with Crippen molar-refractivity contribution in [3.63, 3.8) is 0 Å². The van der Waals surface area contributed by atoms with Gasteiger partial charge in [0.15, 0.2) is 0 Å². The quantitative estimate of drug-likeness (QED) is 0.556. The molecular formula is C9H11S. The van der Waals surface area contributed by atoms with E-state index in [-0.39, 0.29) is 0 Å². The van der Waals surface area contributed by atoms with Gasteiger partial charge in [-0.2, -0.15) is 0 Å². The highest BCUT2D eigenvalue weighted by molar-refractivity contribution is 7.98. The van der Waals surface area contributed by atoms with E-state index in [0.717, 1.165) is 5.56 Å². The van der Waals surface area contributed by atoms with Crippen LogP contribution in [0.15, 0.2) is 23.1 Å². The molecule has 0 atom stereocenters. The zero-order chi connectivity index (χ0) is 7.56. The van der Waals surface area contributed by atoms with Crippen molar-refractivity contribution in [2.24, 2.45) is 0 Å². The van der Waals surface area contributed by atoms with Gasteiger partial charge in [0.25, 0.3) is 0 Å². The first kappa shape index (κ1) is 7.67. The van der Waals surface area contributed by atoms with Gasteiger partial charge in [-0.05, 0) is 37.3 Å². The predicted octanol–water partition coefficient (Wildman–Crippen LogP) is 2.90. The molecule has 1 aromatic carbocycles. The average molecular weight is 151 g/mol. The maximum atomic E-state index is 3.85. The predicted molar refractivity (Wildman–Crippen MR) is 47.4 cm³/mol. The fraction of sp³-hybridized carbons (Fsp3) is 0.222. The maximum absolute atomic E-state index is 3.85.